The molecule has 0 fully saturated rings. The Labute approximate surface area is 158 Å². The molecule has 27 heavy (non-hydrogen) atoms. The van der Waals surface area contributed by atoms with Gasteiger partial charge in [0.25, 0.3) is 5.91 Å². The molecule has 0 aliphatic carbocycles. The number of hydrogen-bond acceptors (Lipinski definition) is 8. The van der Waals surface area contributed by atoms with E-state index in [-0.39, 0.29) is 5.76 Å². The average molecular weight is 378 g/mol. The van der Waals surface area contributed by atoms with Crippen LogP contribution in [0.3, 0.4) is 0 Å². The summed E-state index contributed by atoms with van der Waals surface area (Å²) in [6, 6.07) is 5.62. The van der Waals surface area contributed by atoms with Crippen molar-refractivity contribution < 1.29 is 9.21 Å². The Morgan fingerprint density at radius 1 is 1.19 bits per heavy atom. The number of carbonyl (C=O) groups is 1. The van der Waals surface area contributed by atoms with Gasteiger partial charge in [-0.1, -0.05) is 6.07 Å². The number of pyridine rings is 1. The zero-order valence-electron chi connectivity index (χ0n) is 14.5. The zero-order valence-corrected chi connectivity index (χ0v) is 15.3. The van der Waals surface area contributed by atoms with E-state index in [9.17, 15) is 4.79 Å². The average Bonchev–Trinajstić information content (AvgIpc) is 3.31. The quantitative estimate of drug-likeness (QED) is 0.579. The smallest absolute Gasteiger partial charge is 0.295 e. The topological polar surface area (TPSA) is 107 Å². The third-order valence-electron chi connectivity index (χ3n) is 3.78. The first-order chi connectivity index (χ1) is 13.1. The van der Waals surface area contributed by atoms with E-state index in [1.165, 1.54) is 17.7 Å². The molecule has 0 bridgehead atoms. The lowest BCUT2D eigenvalue weighted by Crippen LogP contribution is -2.12. The number of carbonyl (C=O) groups excluding carboxylic acids is 1. The van der Waals surface area contributed by atoms with Gasteiger partial charge in [-0.05, 0) is 37.1 Å². The standard InChI is InChI=1S/C18H14N6O2S/c1-10-6-12(24-21-7-10)15-16(26-9-20-15)17(25)23-18-22-13(8-27-18)14-11(2)4-3-5-19-14/h3-9H,1-2H3,(H,22,23,25). The summed E-state index contributed by atoms with van der Waals surface area (Å²) >= 11 is 1.31. The van der Waals surface area contributed by atoms with Crippen molar-refractivity contribution in [3.05, 3.63) is 59.3 Å². The van der Waals surface area contributed by atoms with Gasteiger partial charge in [0.2, 0.25) is 5.76 Å². The molecule has 4 aromatic heterocycles. The van der Waals surface area contributed by atoms with Crippen molar-refractivity contribution in [2.75, 3.05) is 5.32 Å². The Morgan fingerprint density at radius 3 is 2.89 bits per heavy atom. The fourth-order valence-corrected chi connectivity index (χ4v) is 3.21. The van der Waals surface area contributed by atoms with Gasteiger partial charge in [-0.15, -0.1) is 16.4 Å². The normalized spacial score (nSPS) is 10.7. The fourth-order valence-electron chi connectivity index (χ4n) is 2.52. The Kier molecular flexibility index (Phi) is 4.43. The highest BCUT2D eigenvalue weighted by Gasteiger charge is 2.21. The summed E-state index contributed by atoms with van der Waals surface area (Å²) in [7, 11) is 0. The van der Waals surface area contributed by atoms with E-state index in [0.717, 1.165) is 16.8 Å². The number of aromatic nitrogens is 5. The molecular weight excluding hydrogens is 364 g/mol. The van der Waals surface area contributed by atoms with Crippen LogP contribution in [0.15, 0.2) is 46.8 Å². The summed E-state index contributed by atoms with van der Waals surface area (Å²) in [5.41, 5.74) is 4.21. The lowest BCUT2D eigenvalue weighted by molar-refractivity contribution is 0.0997. The number of anilines is 1. The van der Waals surface area contributed by atoms with Crippen LogP contribution in [-0.4, -0.2) is 31.1 Å². The van der Waals surface area contributed by atoms with Gasteiger partial charge in [0, 0.05) is 11.6 Å². The van der Waals surface area contributed by atoms with Gasteiger partial charge in [0.05, 0.1) is 11.9 Å². The molecule has 9 heteroatoms. The number of hydrogen-bond donors (Lipinski definition) is 1. The molecule has 134 valence electrons. The number of amides is 1. The van der Waals surface area contributed by atoms with Crippen LogP contribution in [-0.2, 0) is 0 Å². The number of nitrogens with one attached hydrogen (secondary N) is 1. The van der Waals surface area contributed by atoms with Crippen molar-refractivity contribution in [3.8, 4) is 22.8 Å². The number of nitrogens with zero attached hydrogens (tertiary/aromatic N) is 5. The minimum atomic E-state index is -0.454. The lowest BCUT2D eigenvalue weighted by atomic mass is 10.2. The Bertz CT molecular complexity index is 1120. The van der Waals surface area contributed by atoms with Crippen LogP contribution in [0, 0.1) is 13.8 Å². The third-order valence-corrected chi connectivity index (χ3v) is 4.54. The van der Waals surface area contributed by atoms with E-state index >= 15 is 0 Å². The molecule has 0 radical (unpaired) electrons. The fraction of sp³-hybridized carbons (Fsp3) is 0.111. The van der Waals surface area contributed by atoms with Gasteiger partial charge in [-0.2, -0.15) is 5.10 Å². The summed E-state index contributed by atoms with van der Waals surface area (Å²) in [4.78, 5) is 25.5. The molecule has 4 heterocycles. The predicted octanol–water partition coefficient (Wildman–Crippen LogP) is 3.52. The van der Waals surface area contributed by atoms with Gasteiger partial charge in [0.1, 0.15) is 17.1 Å². The molecule has 8 nitrogen and oxygen atoms in total. The van der Waals surface area contributed by atoms with E-state index in [1.807, 2.05) is 31.4 Å². The molecule has 0 aliphatic rings. The van der Waals surface area contributed by atoms with Crippen molar-refractivity contribution in [1.82, 2.24) is 25.1 Å². The van der Waals surface area contributed by atoms with Gasteiger partial charge < -0.3 is 4.42 Å². The molecule has 0 saturated carbocycles. The van der Waals surface area contributed by atoms with Crippen LogP contribution in [0.2, 0.25) is 0 Å². The minimum absolute atomic E-state index is 0.0562. The van der Waals surface area contributed by atoms with Crippen molar-refractivity contribution in [1.29, 1.82) is 0 Å². The molecular formula is C18H14N6O2S. The number of rotatable bonds is 4. The minimum Gasteiger partial charge on any atom is -0.438 e. The highest BCUT2D eigenvalue weighted by atomic mass is 32.1. The van der Waals surface area contributed by atoms with Crippen molar-refractivity contribution in [2.45, 2.75) is 13.8 Å². The molecule has 0 spiro atoms. The maximum absolute atomic E-state index is 12.6. The van der Waals surface area contributed by atoms with E-state index in [4.69, 9.17) is 4.42 Å². The summed E-state index contributed by atoms with van der Waals surface area (Å²) in [5.74, 6) is -0.398. The molecule has 0 atom stereocenters. The predicted molar refractivity (Wildman–Crippen MR) is 100 cm³/mol. The SMILES string of the molecule is Cc1cnnc(-c2ncoc2C(=O)Nc2nc(-c3ncccc3C)cs2)c1. The van der Waals surface area contributed by atoms with Crippen LogP contribution in [0.4, 0.5) is 5.13 Å². The second kappa shape index (κ2) is 7.04. The molecule has 4 aromatic rings. The van der Waals surface area contributed by atoms with E-state index in [1.54, 1.807) is 18.5 Å². The molecule has 1 N–H and O–H groups in total. The van der Waals surface area contributed by atoms with Crippen LogP contribution in [0.5, 0.6) is 0 Å². The third kappa shape index (κ3) is 3.44. The molecule has 0 saturated heterocycles. The van der Waals surface area contributed by atoms with Gasteiger partial charge in [-0.25, -0.2) is 9.97 Å². The van der Waals surface area contributed by atoms with Crippen LogP contribution in [0.1, 0.15) is 21.7 Å². The largest absolute Gasteiger partial charge is 0.438 e. The molecule has 4 rings (SSSR count). The second-order valence-electron chi connectivity index (χ2n) is 5.81. The number of thiazole rings is 1. The summed E-state index contributed by atoms with van der Waals surface area (Å²) in [6.45, 7) is 3.85. The molecule has 1 amide bonds. The van der Waals surface area contributed by atoms with Crippen molar-refractivity contribution >= 4 is 22.4 Å². The van der Waals surface area contributed by atoms with Crippen LogP contribution < -0.4 is 5.32 Å². The maximum Gasteiger partial charge on any atom is 0.295 e. The lowest BCUT2D eigenvalue weighted by Gasteiger charge is -2.02. The zero-order chi connectivity index (χ0) is 18.8. The van der Waals surface area contributed by atoms with Crippen LogP contribution >= 0.6 is 11.3 Å². The first-order valence-corrected chi connectivity index (χ1v) is 8.92. The Balaban J connectivity index is 1.58. The summed E-state index contributed by atoms with van der Waals surface area (Å²) in [6.07, 6.45) is 4.54. The highest BCUT2D eigenvalue weighted by molar-refractivity contribution is 7.14. The Hall–Kier alpha value is -3.46. The summed E-state index contributed by atoms with van der Waals surface area (Å²) in [5, 5.41) is 12.9. The Morgan fingerprint density at radius 2 is 2.07 bits per heavy atom. The van der Waals surface area contributed by atoms with E-state index in [0.29, 0.717) is 22.2 Å². The van der Waals surface area contributed by atoms with E-state index in [2.05, 4.69) is 30.5 Å². The monoisotopic (exact) mass is 378 g/mol. The molecule has 0 aliphatic heterocycles. The highest BCUT2D eigenvalue weighted by Crippen LogP contribution is 2.27. The number of aryl methyl sites for hydroxylation is 2. The summed E-state index contributed by atoms with van der Waals surface area (Å²) < 4.78 is 5.28. The van der Waals surface area contributed by atoms with Gasteiger partial charge in [0.15, 0.2) is 11.5 Å². The van der Waals surface area contributed by atoms with E-state index < -0.39 is 5.91 Å². The molecule has 0 aromatic carbocycles. The first-order valence-electron chi connectivity index (χ1n) is 8.04. The van der Waals surface area contributed by atoms with Crippen molar-refractivity contribution in [2.24, 2.45) is 0 Å². The molecule has 0 unspecified atom stereocenters. The second-order valence-corrected chi connectivity index (χ2v) is 6.67. The number of oxazole rings is 1. The first kappa shape index (κ1) is 17.0. The van der Waals surface area contributed by atoms with Gasteiger partial charge in [-0.3, -0.25) is 15.1 Å². The van der Waals surface area contributed by atoms with Crippen molar-refractivity contribution in [3.63, 3.8) is 0 Å². The van der Waals surface area contributed by atoms with Crippen LogP contribution in [0.25, 0.3) is 22.8 Å². The van der Waals surface area contributed by atoms with Gasteiger partial charge >= 0.3 is 0 Å². The maximum atomic E-state index is 12.6.